The summed E-state index contributed by atoms with van der Waals surface area (Å²) in [6.07, 6.45) is 0.380. The second-order valence-corrected chi connectivity index (χ2v) is 6.83. The third kappa shape index (κ3) is 2.88. The number of carbonyl (C=O) groups is 2. The summed E-state index contributed by atoms with van der Waals surface area (Å²) in [5.41, 5.74) is 6.85. The van der Waals surface area contributed by atoms with Crippen LogP contribution in [-0.2, 0) is 11.2 Å². The van der Waals surface area contributed by atoms with E-state index in [1.165, 1.54) is 23.5 Å². The molecule has 1 aliphatic heterocycles. The normalized spacial score (nSPS) is 19.6. The number of carbonyl (C=O) groups excluding carboxylic acids is 2. The average molecular weight is 346 g/mol. The molecule has 0 saturated carbocycles. The Kier molecular flexibility index (Phi) is 4.29. The first-order chi connectivity index (χ1) is 11.4. The zero-order valence-corrected chi connectivity index (χ0v) is 14.1. The minimum Gasteiger partial charge on any atom is -0.507 e. The number of rotatable bonds is 3. The molecular formula is C17H18N2O4S. The number of aromatic hydroxyl groups is 1. The van der Waals surface area contributed by atoms with E-state index in [1.54, 1.807) is 12.1 Å². The van der Waals surface area contributed by atoms with Crippen LogP contribution >= 0.6 is 11.3 Å². The zero-order chi connectivity index (χ0) is 17.4. The van der Waals surface area contributed by atoms with E-state index in [0.29, 0.717) is 17.0 Å². The van der Waals surface area contributed by atoms with Crippen LogP contribution in [0.25, 0.3) is 0 Å². The van der Waals surface area contributed by atoms with Crippen LogP contribution < -0.4 is 11.1 Å². The predicted molar refractivity (Wildman–Crippen MR) is 91.6 cm³/mol. The lowest BCUT2D eigenvalue weighted by Gasteiger charge is -2.25. The van der Waals surface area contributed by atoms with E-state index in [2.05, 4.69) is 5.32 Å². The van der Waals surface area contributed by atoms with Crippen LogP contribution in [0.2, 0.25) is 0 Å². The fourth-order valence-electron chi connectivity index (χ4n) is 2.94. The molecule has 0 fully saturated rings. The van der Waals surface area contributed by atoms with Crippen molar-refractivity contribution in [1.82, 2.24) is 0 Å². The van der Waals surface area contributed by atoms with Crippen molar-refractivity contribution < 1.29 is 19.4 Å². The zero-order valence-electron chi connectivity index (χ0n) is 13.3. The SMILES string of the molecule is CC1Cc2c(sc(NC(=O)c3ccccc3O)c2C(N)=O)C(C)O1. The number of thiophene rings is 1. The monoisotopic (exact) mass is 346 g/mol. The summed E-state index contributed by atoms with van der Waals surface area (Å²) < 4.78 is 5.78. The third-order valence-electron chi connectivity index (χ3n) is 3.96. The molecule has 0 saturated heterocycles. The van der Waals surface area contributed by atoms with E-state index in [9.17, 15) is 14.7 Å². The highest BCUT2D eigenvalue weighted by Crippen LogP contribution is 2.42. The number of hydrogen-bond donors (Lipinski definition) is 3. The molecule has 6 nitrogen and oxygen atoms in total. The van der Waals surface area contributed by atoms with Crippen LogP contribution in [0.1, 0.15) is 51.1 Å². The molecule has 0 spiro atoms. The van der Waals surface area contributed by atoms with Gasteiger partial charge in [-0.15, -0.1) is 11.3 Å². The highest BCUT2D eigenvalue weighted by molar-refractivity contribution is 7.17. The van der Waals surface area contributed by atoms with E-state index in [-0.39, 0.29) is 23.5 Å². The molecule has 2 amide bonds. The smallest absolute Gasteiger partial charge is 0.260 e. The molecular weight excluding hydrogens is 328 g/mol. The Bertz CT molecular complexity index is 815. The maximum atomic E-state index is 12.4. The number of fused-ring (bicyclic) bond motifs is 1. The Morgan fingerprint density at radius 2 is 2.04 bits per heavy atom. The van der Waals surface area contributed by atoms with Gasteiger partial charge in [-0.1, -0.05) is 12.1 Å². The Balaban J connectivity index is 2.00. The minimum absolute atomic E-state index is 0.0260. The summed E-state index contributed by atoms with van der Waals surface area (Å²) in [7, 11) is 0. The molecule has 2 aromatic rings. The number of ether oxygens (including phenoxy) is 1. The molecule has 2 heterocycles. The first-order valence-electron chi connectivity index (χ1n) is 7.58. The Morgan fingerprint density at radius 3 is 2.71 bits per heavy atom. The van der Waals surface area contributed by atoms with Gasteiger partial charge in [-0.25, -0.2) is 0 Å². The van der Waals surface area contributed by atoms with Crippen LogP contribution in [0.4, 0.5) is 5.00 Å². The number of primary amides is 1. The van der Waals surface area contributed by atoms with Crippen molar-refractivity contribution >= 4 is 28.2 Å². The van der Waals surface area contributed by atoms with Gasteiger partial charge in [0.05, 0.1) is 23.3 Å². The number of hydrogen-bond acceptors (Lipinski definition) is 5. The van der Waals surface area contributed by atoms with Crippen molar-refractivity contribution in [2.24, 2.45) is 5.73 Å². The molecule has 2 unspecified atom stereocenters. The summed E-state index contributed by atoms with van der Waals surface area (Å²) in [5, 5.41) is 12.9. The Hall–Kier alpha value is -2.38. The summed E-state index contributed by atoms with van der Waals surface area (Å²) in [6.45, 7) is 3.84. The molecule has 4 N–H and O–H groups in total. The van der Waals surface area contributed by atoms with E-state index in [1.807, 2.05) is 13.8 Å². The number of phenols is 1. The van der Waals surface area contributed by atoms with Crippen molar-refractivity contribution in [3.8, 4) is 5.75 Å². The van der Waals surface area contributed by atoms with Gasteiger partial charge in [0.25, 0.3) is 11.8 Å². The Morgan fingerprint density at radius 1 is 1.33 bits per heavy atom. The average Bonchev–Trinajstić information content (AvgIpc) is 2.86. The molecule has 3 rings (SSSR count). The second kappa shape index (κ2) is 6.26. The van der Waals surface area contributed by atoms with Crippen LogP contribution in [0.5, 0.6) is 5.75 Å². The molecule has 0 bridgehead atoms. The van der Waals surface area contributed by atoms with Gasteiger partial charge in [-0.2, -0.15) is 0 Å². The largest absolute Gasteiger partial charge is 0.507 e. The second-order valence-electron chi connectivity index (χ2n) is 5.78. The van der Waals surface area contributed by atoms with E-state index in [4.69, 9.17) is 10.5 Å². The fourth-order valence-corrected chi connectivity index (χ4v) is 4.16. The van der Waals surface area contributed by atoms with Crippen LogP contribution in [0, 0.1) is 0 Å². The first-order valence-corrected chi connectivity index (χ1v) is 8.40. The van der Waals surface area contributed by atoms with Gasteiger partial charge in [0.15, 0.2) is 0 Å². The molecule has 7 heteroatoms. The number of phenolic OH excluding ortho intramolecular Hbond substituents is 1. The summed E-state index contributed by atoms with van der Waals surface area (Å²) in [6, 6.07) is 6.22. The number of amides is 2. The summed E-state index contributed by atoms with van der Waals surface area (Å²) in [4.78, 5) is 25.3. The number of para-hydroxylation sites is 1. The van der Waals surface area contributed by atoms with Crippen molar-refractivity contribution in [3.63, 3.8) is 0 Å². The number of nitrogens with one attached hydrogen (secondary N) is 1. The lowest BCUT2D eigenvalue weighted by molar-refractivity contribution is -0.00227. The molecule has 0 radical (unpaired) electrons. The summed E-state index contributed by atoms with van der Waals surface area (Å²) in [5.74, 6) is -1.19. The summed E-state index contributed by atoms with van der Waals surface area (Å²) >= 11 is 1.29. The first kappa shape index (κ1) is 16.5. The minimum atomic E-state index is -0.582. The van der Waals surface area contributed by atoms with E-state index < -0.39 is 11.8 Å². The van der Waals surface area contributed by atoms with Crippen molar-refractivity contribution in [2.75, 3.05) is 5.32 Å². The molecule has 2 atom stereocenters. The molecule has 1 aromatic carbocycles. The Labute approximate surface area is 143 Å². The maximum Gasteiger partial charge on any atom is 0.260 e. The maximum absolute atomic E-state index is 12.4. The van der Waals surface area contributed by atoms with Gasteiger partial charge in [-0.05, 0) is 31.5 Å². The molecule has 1 aromatic heterocycles. The van der Waals surface area contributed by atoms with Gasteiger partial charge >= 0.3 is 0 Å². The van der Waals surface area contributed by atoms with Crippen molar-refractivity contribution in [2.45, 2.75) is 32.5 Å². The lowest BCUT2D eigenvalue weighted by atomic mass is 9.98. The number of nitrogens with two attached hydrogens (primary N) is 1. The standard InChI is InChI=1S/C17H18N2O4S/c1-8-7-11-13(15(18)21)17(24-14(11)9(2)23-8)19-16(22)10-5-3-4-6-12(10)20/h3-6,8-9,20H,7H2,1-2H3,(H2,18,21)(H,19,22). The van der Waals surface area contributed by atoms with E-state index >= 15 is 0 Å². The number of anilines is 1. The molecule has 1 aliphatic rings. The van der Waals surface area contributed by atoms with E-state index in [0.717, 1.165) is 10.4 Å². The topological polar surface area (TPSA) is 102 Å². The van der Waals surface area contributed by atoms with Gasteiger partial charge in [0.1, 0.15) is 10.8 Å². The molecule has 126 valence electrons. The van der Waals surface area contributed by atoms with Gasteiger partial charge in [0.2, 0.25) is 0 Å². The number of benzene rings is 1. The van der Waals surface area contributed by atoms with Gasteiger partial charge < -0.3 is 20.9 Å². The van der Waals surface area contributed by atoms with Gasteiger partial charge in [-0.3, -0.25) is 9.59 Å². The molecule has 0 aliphatic carbocycles. The lowest BCUT2D eigenvalue weighted by Crippen LogP contribution is -2.24. The highest BCUT2D eigenvalue weighted by Gasteiger charge is 2.31. The van der Waals surface area contributed by atoms with Gasteiger partial charge in [0, 0.05) is 11.3 Å². The fraction of sp³-hybridized carbons (Fsp3) is 0.294. The molecule has 24 heavy (non-hydrogen) atoms. The van der Waals surface area contributed by atoms with Crippen LogP contribution in [0.3, 0.4) is 0 Å². The quantitative estimate of drug-likeness (QED) is 0.795. The van der Waals surface area contributed by atoms with Crippen molar-refractivity contribution in [1.29, 1.82) is 0 Å². The van der Waals surface area contributed by atoms with Crippen LogP contribution in [-0.4, -0.2) is 23.0 Å². The third-order valence-corrected chi connectivity index (χ3v) is 5.27. The van der Waals surface area contributed by atoms with Crippen LogP contribution in [0.15, 0.2) is 24.3 Å². The highest BCUT2D eigenvalue weighted by atomic mass is 32.1. The van der Waals surface area contributed by atoms with Crippen molar-refractivity contribution in [3.05, 3.63) is 45.8 Å². The predicted octanol–water partition coefficient (Wildman–Crippen LogP) is 2.83.